The average Bonchev–Trinajstić information content (AvgIpc) is 3.27. The summed E-state index contributed by atoms with van der Waals surface area (Å²) >= 11 is 0. The van der Waals surface area contributed by atoms with E-state index in [9.17, 15) is 10.1 Å². The van der Waals surface area contributed by atoms with Crippen molar-refractivity contribution >= 4 is 16.7 Å². The number of furan rings is 1. The zero-order valence-corrected chi connectivity index (χ0v) is 13.9. The molecule has 0 atom stereocenters. The van der Waals surface area contributed by atoms with Gasteiger partial charge in [0.15, 0.2) is 5.76 Å². The number of hydrogen-bond donors (Lipinski definition) is 0. The normalized spacial score (nSPS) is 11.0. The molecule has 8 heteroatoms. The van der Waals surface area contributed by atoms with E-state index in [1.54, 1.807) is 19.2 Å². The number of nitro groups is 1. The Morgan fingerprint density at radius 1 is 1.04 bits per heavy atom. The molecule has 2 aromatic carbocycles. The molecular formula is C18H13N3O5. The van der Waals surface area contributed by atoms with Gasteiger partial charge in [-0.25, -0.2) is 0 Å². The predicted octanol–water partition coefficient (Wildman–Crippen LogP) is 4.38. The lowest BCUT2D eigenvalue weighted by atomic mass is 10.1. The van der Waals surface area contributed by atoms with E-state index < -0.39 is 4.92 Å². The number of hydrogen-bond acceptors (Lipinski definition) is 7. The van der Waals surface area contributed by atoms with Gasteiger partial charge < -0.3 is 13.6 Å². The molecule has 4 rings (SSSR count). The van der Waals surface area contributed by atoms with E-state index in [1.165, 1.54) is 12.1 Å². The Kier molecular flexibility index (Phi) is 3.65. The minimum absolute atomic E-state index is 0.00582. The van der Waals surface area contributed by atoms with Gasteiger partial charge >= 0.3 is 0 Å². The Morgan fingerprint density at radius 2 is 1.77 bits per heavy atom. The topological polar surface area (TPSA) is 104 Å². The van der Waals surface area contributed by atoms with Crippen molar-refractivity contribution in [2.75, 3.05) is 7.11 Å². The molecule has 0 fully saturated rings. The molecule has 2 aromatic heterocycles. The lowest BCUT2D eigenvalue weighted by Gasteiger charge is -2.00. The van der Waals surface area contributed by atoms with E-state index >= 15 is 0 Å². The third kappa shape index (κ3) is 2.48. The summed E-state index contributed by atoms with van der Waals surface area (Å²) in [6.45, 7) is 1.89. The van der Waals surface area contributed by atoms with E-state index in [-0.39, 0.29) is 17.5 Å². The number of fused-ring (bicyclic) bond motifs is 1. The molecule has 0 N–H and O–H groups in total. The first-order valence-corrected chi connectivity index (χ1v) is 7.73. The largest absolute Gasteiger partial charge is 0.496 e. The van der Waals surface area contributed by atoms with Crippen molar-refractivity contribution in [1.29, 1.82) is 0 Å². The van der Waals surface area contributed by atoms with Gasteiger partial charge in [-0.3, -0.25) is 10.1 Å². The predicted molar refractivity (Wildman–Crippen MR) is 92.9 cm³/mol. The van der Waals surface area contributed by atoms with Crippen LogP contribution in [0.5, 0.6) is 5.75 Å². The SMILES string of the molecule is COc1cccc2oc(-c3nnc(-c4ccc([N+](=O)[O-])cc4)o3)c(C)c12. The molecule has 26 heavy (non-hydrogen) atoms. The van der Waals surface area contributed by atoms with Crippen molar-refractivity contribution in [1.82, 2.24) is 10.2 Å². The van der Waals surface area contributed by atoms with E-state index in [0.29, 0.717) is 22.7 Å². The van der Waals surface area contributed by atoms with Gasteiger partial charge in [0.1, 0.15) is 11.3 Å². The molecule has 0 aliphatic heterocycles. The lowest BCUT2D eigenvalue weighted by Crippen LogP contribution is -1.87. The summed E-state index contributed by atoms with van der Waals surface area (Å²) in [5, 5.41) is 19.7. The quantitative estimate of drug-likeness (QED) is 0.397. The van der Waals surface area contributed by atoms with Gasteiger partial charge in [0.2, 0.25) is 5.89 Å². The highest BCUT2D eigenvalue weighted by Gasteiger charge is 2.21. The van der Waals surface area contributed by atoms with E-state index in [4.69, 9.17) is 13.6 Å². The molecule has 0 aliphatic rings. The number of benzene rings is 2. The standard InChI is InChI=1S/C18H13N3O5/c1-10-15-13(24-2)4-3-5-14(15)25-16(10)18-20-19-17(26-18)11-6-8-12(9-7-11)21(22)23/h3-9H,1-2H3. The molecule has 0 saturated heterocycles. The number of ether oxygens (including phenoxy) is 1. The van der Waals surface area contributed by atoms with Gasteiger partial charge in [-0.05, 0) is 31.2 Å². The molecule has 0 amide bonds. The van der Waals surface area contributed by atoms with Crippen LogP contribution >= 0.6 is 0 Å². The zero-order chi connectivity index (χ0) is 18.3. The number of aromatic nitrogens is 2. The Balaban J connectivity index is 1.75. The summed E-state index contributed by atoms with van der Waals surface area (Å²) in [6.07, 6.45) is 0. The first-order valence-electron chi connectivity index (χ1n) is 7.73. The Labute approximate surface area is 147 Å². The van der Waals surface area contributed by atoms with Crippen molar-refractivity contribution in [3.63, 3.8) is 0 Å². The van der Waals surface area contributed by atoms with Crippen molar-refractivity contribution in [2.24, 2.45) is 0 Å². The number of non-ortho nitro benzene ring substituents is 1. The van der Waals surface area contributed by atoms with Crippen molar-refractivity contribution in [3.05, 3.63) is 58.1 Å². The van der Waals surface area contributed by atoms with Crippen LogP contribution < -0.4 is 4.74 Å². The second-order valence-corrected chi connectivity index (χ2v) is 5.61. The third-order valence-corrected chi connectivity index (χ3v) is 4.08. The smallest absolute Gasteiger partial charge is 0.284 e. The summed E-state index contributed by atoms with van der Waals surface area (Å²) < 4.78 is 17.0. The highest BCUT2D eigenvalue weighted by Crippen LogP contribution is 2.38. The van der Waals surface area contributed by atoms with Gasteiger partial charge in [-0.15, -0.1) is 10.2 Å². The second kappa shape index (κ2) is 5.99. The zero-order valence-electron chi connectivity index (χ0n) is 13.9. The molecule has 0 bridgehead atoms. The van der Waals surface area contributed by atoms with Crippen LogP contribution in [0.2, 0.25) is 0 Å². The molecule has 0 aliphatic carbocycles. The molecule has 0 radical (unpaired) electrons. The second-order valence-electron chi connectivity index (χ2n) is 5.61. The van der Waals surface area contributed by atoms with Crippen LogP contribution in [0.4, 0.5) is 5.69 Å². The molecule has 130 valence electrons. The summed E-state index contributed by atoms with van der Waals surface area (Å²) in [5.74, 6) is 1.64. The van der Waals surface area contributed by atoms with Crippen molar-refractivity contribution < 1.29 is 18.5 Å². The Morgan fingerprint density at radius 3 is 2.46 bits per heavy atom. The number of rotatable bonds is 4. The lowest BCUT2D eigenvalue weighted by molar-refractivity contribution is -0.384. The van der Waals surface area contributed by atoms with E-state index in [0.717, 1.165) is 10.9 Å². The van der Waals surface area contributed by atoms with Gasteiger partial charge in [-0.2, -0.15) is 0 Å². The van der Waals surface area contributed by atoms with Crippen LogP contribution in [0.25, 0.3) is 34.1 Å². The third-order valence-electron chi connectivity index (χ3n) is 4.08. The van der Waals surface area contributed by atoms with Gasteiger partial charge in [-0.1, -0.05) is 6.07 Å². The molecule has 0 unspecified atom stereocenters. The fraction of sp³-hybridized carbons (Fsp3) is 0.111. The van der Waals surface area contributed by atoms with Crippen LogP contribution in [-0.4, -0.2) is 22.2 Å². The van der Waals surface area contributed by atoms with Gasteiger partial charge in [0.25, 0.3) is 11.6 Å². The summed E-state index contributed by atoms with van der Waals surface area (Å²) in [4.78, 5) is 10.3. The van der Waals surface area contributed by atoms with Gasteiger partial charge in [0, 0.05) is 23.3 Å². The fourth-order valence-electron chi connectivity index (χ4n) is 2.80. The highest BCUT2D eigenvalue weighted by atomic mass is 16.6. The molecule has 8 nitrogen and oxygen atoms in total. The van der Waals surface area contributed by atoms with E-state index in [2.05, 4.69) is 10.2 Å². The van der Waals surface area contributed by atoms with Crippen LogP contribution in [0.3, 0.4) is 0 Å². The maximum absolute atomic E-state index is 10.7. The molecular weight excluding hydrogens is 338 g/mol. The summed E-state index contributed by atoms with van der Waals surface area (Å²) in [7, 11) is 1.60. The van der Waals surface area contributed by atoms with Crippen LogP contribution in [0, 0.1) is 17.0 Å². The Hall–Kier alpha value is -3.68. The Bertz CT molecular complexity index is 1110. The van der Waals surface area contributed by atoms with Crippen molar-refractivity contribution in [2.45, 2.75) is 6.92 Å². The maximum atomic E-state index is 10.7. The number of methoxy groups -OCH3 is 1. The van der Waals surface area contributed by atoms with Crippen LogP contribution in [0.15, 0.2) is 51.3 Å². The number of nitrogens with zero attached hydrogens (tertiary/aromatic N) is 3. The minimum atomic E-state index is -0.464. The molecule has 2 heterocycles. The molecule has 4 aromatic rings. The van der Waals surface area contributed by atoms with E-state index in [1.807, 2.05) is 25.1 Å². The average molecular weight is 351 g/mol. The van der Waals surface area contributed by atoms with Crippen LogP contribution in [0.1, 0.15) is 5.56 Å². The monoisotopic (exact) mass is 351 g/mol. The first-order chi connectivity index (χ1) is 12.6. The highest BCUT2D eigenvalue weighted by molar-refractivity contribution is 5.91. The molecule has 0 saturated carbocycles. The maximum Gasteiger partial charge on any atom is 0.284 e. The molecule has 0 spiro atoms. The van der Waals surface area contributed by atoms with Gasteiger partial charge in [0.05, 0.1) is 17.4 Å². The number of aryl methyl sites for hydroxylation is 1. The first kappa shape index (κ1) is 15.8. The summed E-state index contributed by atoms with van der Waals surface area (Å²) in [5.41, 5.74) is 2.07. The summed E-state index contributed by atoms with van der Waals surface area (Å²) in [6, 6.07) is 11.4. The number of nitro benzene ring substituents is 1. The van der Waals surface area contributed by atoms with Crippen LogP contribution in [-0.2, 0) is 0 Å². The fourth-order valence-corrected chi connectivity index (χ4v) is 2.80. The minimum Gasteiger partial charge on any atom is -0.496 e. The van der Waals surface area contributed by atoms with Crippen molar-refractivity contribution in [3.8, 4) is 28.9 Å².